The van der Waals surface area contributed by atoms with Crippen LogP contribution in [0.15, 0.2) is 18.2 Å². The Hall–Kier alpha value is -1.60. The number of halogens is 1. The van der Waals surface area contributed by atoms with E-state index in [1.54, 1.807) is 0 Å². The van der Waals surface area contributed by atoms with Gasteiger partial charge in [-0.05, 0) is 49.8 Å². The Kier molecular flexibility index (Phi) is 4.06. The Bertz CT molecular complexity index is 487. The van der Waals surface area contributed by atoms with Crippen molar-refractivity contribution in [3.05, 3.63) is 29.6 Å². The average molecular weight is 263 g/mol. The molecule has 19 heavy (non-hydrogen) atoms. The molecule has 4 heteroatoms. The highest BCUT2D eigenvalue weighted by molar-refractivity contribution is 5.36. The first kappa shape index (κ1) is 13.8. The van der Waals surface area contributed by atoms with Gasteiger partial charge in [-0.25, -0.2) is 4.39 Å². The number of nitriles is 1. The standard InChI is InChI=1S/C15H18FNO2/c1-11-4-6-15(18,7-5-11)10-19-14-3-2-12(9-17)8-13(14)16/h2-3,8,11,18H,4-7,10H2,1H3. The summed E-state index contributed by atoms with van der Waals surface area (Å²) >= 11 is 0. The Morgan fingerprint density at radius 1 is 1.47 bits per heavy atom. The molecule has 0 spiro atoms. The zero-order valence-corrected chi connectivity index (χ0v) is 11.0. The van der Waals surface area contributed by atoms with Gasteiger partial charge in [0.2, 0.25) is 0 Å². The zero-order valence-electron chi connectivity index (χ0n) is 11.0. The molecule has 0 heterocycles. The molecule has 0 saturated heterocycles. The minimum absolute atomic E-state index is 0.0889. The van der Waals surface area contributed by atoms with E-state index in [0.29, 0.717) is 18.8 Å². The van der Waals surface area contributed by atoms with Gasteiger partial charge in [0.05, 0.1) is 17.2 Å². The summed E-state index contributed by atoms with van der Waals surface area (Å²) in [6.07, 6.45) is 3.31. The number of hydrogen-bond acceptors (Lipinski definition) is 3. The predicted octanol–water partition coefficient (Wildman–Crippen LogP) is 3.02. The SMILES string of the molecule is CC1CCC(O)(COc2ccc(C#N)cc2F)CC1. The van der Waals surface area contributed by atoms with Crippen LogP contribution < -0.4 is 4.74 Å². The second kappa shape index (κ2) is 5.58. The van der Waals surface area contributed by atoms with Crippen molar-refractivity contribution in [1.29, 1.82) is 5.26 Å². The predicted molar refractivity (Wildman–Crippen MR) is 69.2 cm³/mol. The van der Waals surface area contributed by atoms with Crippen LogP contribution in [0, 0.1) is 23.1 Å². The molecule has 1 aliphatic carbocycles. The maximum atomic E-state index is 13.6. The summed E-state index contributed by atoms with van der Waals surface area (Å²) in [7, 11) is 0. The zero-order chi connectivity index (χ0) is 13.9. The maximum absolute atomic E-state index is 13.6. The fourth-order valence-corrected chi connectivity index (χ4v) is 2.34. The van der Waals surface area contributed by atoms with Crippen molar-refractivity contribution in [1.82, 2.24) is 0 Å². The fraction of sp³-hybridized carbons (Fsp3) is 0.533. The van der Waals surface area contributed by atoms with Crippen LogP contribution in [-0.4, -0.2) is 17.3 Å². The van der Waals surface area contributed by atoms with Gasteiger partial charge in [-0.2, -0.15) is 5.26 Å². The van der Waals surface area contributed by atoms with Crippen LogP contribution >= 0.6 is 0 Å². The molecule has 0 aromatic heterocycles. The van der Waals surface area contributed by atoms with E-state index in [0.717, 1.165) is 18.9 Å². The molecule has 1 aromatic rings. The molecule has 3 nitrogen and oxygen atoms in total. The van der Waals surface area contributed by atoms with E-state index in [-0.39, 0.29) is 17.9 Å². The number of nitrogens with zero attached hydrogens (tertiary/aromatic N) is 1. The Morgan fingerprint density at radius 2 is 2.16 bits per heavy atom. The molecule has 2 rings (SSSR count). The van der Waals surface area contributed by atoms with Gasteiger partial charge < -0.3 is 9.84 Å². The van der Waals surface area contributed by atoms with E-state index >= 15 is 0 Å². The topological polar surface area (TPSA) is 53.2 Å². The summed E-state index contributed by atoms with van der Waals surface area (Å²) in [6.45, 7) is 2.27. The highest BCUT2D eigenvalue weighted by Gasteiger charge is 2.32. The van der Waals surface area contributed by atoms with E-state index in [4.69, 9.17) is 10.00 Å². The minimum Gasteiger partial charge on any atom is -0.488 e. The quantitative estimate of drug-likeness (QED) is 0.912. The Labute approximate surface area is 112 Å². The number of ether oxygens (including phenoxy) is 1. The molecule has 1 aliphatic rings. The van der Waals surface area contributed by atoms with Crippen molar-refractivity contribution in [2.24, 2.45) is 5.92 Å². The average Bonchev–Trinajstić information content (AvgIpc) is 2.41. The summed E-state index contributed by atoms with van der Waals surface area (Å²) in [6, 6.07) is 5.95. The van der Waals surface area contributed by atoms with Crippen LogP contribution in [0.4, 0.5) is 4.39 Å². The normalized spacial score (nSPS) is 26.7. The molecule has 1 saturated carbocycles. The lowest BCUT2D eigenvalue weighted by Gasteiger charge is -2.34. The van der Waals surface area contributed by atoms with Gasteiger partial charge in [-0.3, -0.25) is 0 Å². The molecule has 1 fully saturated rings. The van der Waals surface area contributed by atoms with Gasteiger partial charge >= 0.3 is 0 Å². The summed E-state index contributed by atoms with van der Waals surface area (Å²) < 4.78 is 19.0. The van der Waals surface area contributed by atoms with Gasteiger partial charge in [-0.15, -0.1) is 0 Å². The lowest BCUT2D eigenvalue weighted by molar-refractivity contribution is -0.0432. The van der Waals surface area contributed by atoms with E-state index in [2.05, 4.69) is 6.92 Å². The number of benzene rings is 1. The lowest BCUT2D eigenvalue weighted by atomic mass is 9.80. The summed E-state index contributed by atoms with van der Waals surface area (Å²) in [5.41, 5.74) is -0.595. The molecular formula is C15H18FNO2. The molecule has 0 bridgehead atoms. The smallest absolute Gasteiger partial charge is 0.166 e. The van der Waals surface area contributed by atoms with Crippen molar-refractivity contribution in [2.75, 3.05) is 6.61 Å². The van der Waals surface area contributed by atoms with Crippen LogP contribution in [0.25, 0.3) is 0 Å². The third kappa shape index (κ3) is 3.45. The second-order valence-electron chi connectivity index (χ2n) is 5.45. The molecule has 102 valence electrons. The van der Waals surface area contributed by atoms with E-state index in [1.165, 1.54) is 12.1 Å². The van der Waals surface area contributed by atoms with Crippen LogP contribution in [0.3, 0.4) is 0 Å². The molecule has 0 atom stereocenters. The minimum atomic E-state index is -0.854. The highest BCUT2D eigenvalue weighted by Crippen LogP contribution is 2.32. The summed E-state index contributed by atoms with van der Waals surface area (Å²) in [4.78, 5) is 0. The first-order valence-corrected chi connectivity index (χ1v) is 6.57. The van der Waals surface area contributed by atoms with E-state index in [1.807, 2.05) is 6.07 Å². The van der Waals surface area contributed by atoms with Crippen molar-refractivity contribution >= 4 is 0 Å². The molecular weight excluding hydrogens is 245 g/mol. The summed E-state index contributed by atoms with van der Waals surface area (Å²) in [5, 5.41) is 19.0. The van der Waals surface area contributed by atoms with Crippen molar-refractivity contribution in [3.8, 4) is 11.8 Å². The monoisotopic (exact) mass is 263 g/mol. The van der Waals surface area contributed by atoms with Crippen LogP contribution in [-0.2, 0) is 0 Å². The third-order valence-corrected chi connectivity index (χ3v) is 3.76. The van der Waals surface area contributed by atoms with Crippen LogP contribution in [0.5, 0.6) is 5.75 Å². The summed E-state index contributed by atoms with van der Waals surface area (Å²) in [5.74, 6) is 0.157. The largest absolute Gasteiger partial charge is 0.488 e. The second-order valence-corrected chi connectivity index (χ2v) is 5.45. The Morgan fingerprint density at radius 3 is 2.74 bits per heavy atom. The Balaban J connectivity index is 1.97. The molecule has 0 radical (unpaired) electrons. The maximum Gasteiger partial charge on any atom is 0.166 e. The van der Waals surface area contributed by atoms with Gasteiger partial charge in [0.1, 0.15) is 6.61 Å². The number of rotatable bonds is 3. The van der Waals surface area contributed by atoms with Crippen molar-refractivity contribution in [2.45, 2.75) is 38.2 Å². The number of aliphatic hydroxyl groups is 1. The van der Waals surface area contributed by atoms with Crippen LogP contribution in [0.2, 0.25) is 0 Å². The first-order valence-electron chi connectivity index (χ1n) is 6.57. The molecule has 0 unspecified atom stereocenters. The van der Waals surface area contributed by atoms with Gasteiger partial charge in [-0.1, -0.05) is 6.92 Å². The van der Waals surface area contributed by atoms with E-state index in [9.17, 15) is 9.50 Å². The molecule has 1 N–H and O–H groups in total. The van der Waals surface area contributed by atoms with Gasteiger partial charge in [0.25, 0.3) is 0 Å². The lowest BCUT2D eigenvalue weighted by Crippen LogP contribution is -2.39. The molecule has 1 aromatic carbocycles. The molecule has 0 amide bonds. The first-order chi connectivity index (χ1) is 9.02. The van der Waals surface area contributed by atoms with Crippen LogP contribution in [0.1, 0.15) is 38.2 Å². The van der Waals surface area contributed by atoms with Gasteiger partial charge in [0.15, 0.2) is 11.6 Å². The highest BCUT2D eigenvalue weighted by atomic mass is 19.1. The molecule has 0 aliphatic heterocycles. The third-order valence-electron chi connectivity index (χ3n) is 3.76. The fourth-order valence-electron chi connectivity index (χ4n) is 2.34. The van der Waals surface area contributed by atoms with E-state index < -0.39 is 11.4 Å². The van der Waals surface area contributed by atoms with Crippen molar-refractivity contribution in [3.63, 3.8) is 0 Å². The van der Waals surface area contributed by atoms with Crippen molar-refractivity contribution < 1.29 is 14.2 Å². The van der Waals surface area contributed by atoms with Gasteiger partial charge in [0, 0.05) is 0 Å². The number of hydrogen-bond donors (Lipinski definition) is 1.